The molecule has 7 heteroatoms. The summed E-state index contributed by atoms with van der Waals surface area (Å²) in [4.78, 5) is 25.2. The number of pyridine rings is 1. The summed E-state index contributed by atoms with van der Waals surface area (Å²) in [6, 6.07) is 21.7. The molecule has 0 radical (unpaired) electrons. The van der Waals surface area contributed by atoms with Crippen LogP contribution in [0.2, 0.25) is 0 Å². The van der Waals surface area contributed by atoms with E-state index in [9.17, 15) is 4.79 Å². The van der Waals surface area contributed by atoms with Crippen LogP contribution in [0.1, 0.15) is 18.5 Å². The van der Waals surface area contributed by atoms with E-state index < -0.39 is 0 Å². The molecule has 0 spiro atoms. The maximum atomic E-state index is 13.2. The second-order valence-corrected chi connectivity index (χ2v) is 9.07. The summed E-state index contributed by atoms with van der Waals surface area (Å²) in [6.07, 6.45) is 3.01. The number of benzene rings is 2. The van der Waals surface area contributed by atoms with E-state index in [1.165, 1.54) is 4.90 Å². The number of amides is 1. The van der Waals surface area contributed by atoms with Crippen LogP contribution in [0, 0.1) is 0 Å². The van der Waals surface area contributed by atoms with Crippen LogP contribution in [-0.2, 0) is 11.3 Å². The molecule has 2 heterocycles. The normalized spacial score (nSPS) is 10.9. The molecule has 1 amide bonds. The highest BCUT2D eigenvalue weighted by Crippen LogP contribution is 2.30. The number of aromatic nitrogens is 2. The molecule has 0 aliphatic carbocycles. The Morgan fingerprint density at radius 1 is 1.06 bits per heavy atom. The molecule has 0 aliphatic heterocycles. The fourth-order valence-electron chi connectivity index (χ4n) is 3.11. The summed E-state index contributed by atoms with van der Waals surface area (Å²) >= 11 is 3.29. The van der Waals surface area contributed by atoms with E-state index in [-0.39, 0.29) is 5.91 Å². The van der Waals surface area contributed by atoms with E-state index in [4.69, 9.17) is 9.72 Å². The number of hydrogen-bond donors (Lipinski definition) is 0. The number of carbonyl (C=O) groups is 1. The molecule has 0 saturated carbocycles. The van der Waals surface area contributed by atoms with E-state index >= 15 is 0 Å². The molecule has 5 nitrogen and oxygen atoms in total. The maximum absolute atomic E-state index is 13.2. The van der Waals surface area contributed by atoms with Gasteiger partial charge in [-0.25, -0.2) is 4.98 Å². The van der Waals surface area contributed by atoms with Crippen molar-refractivity contribution in [2.24, 2.45) is 0 Å². The quantitative estimate of drug-likeness (QED) is 0.239. The monoisotopic (exact) mass is 449 g/mol. The third kappa shape index (κ3) is 5.62. The minimum absolute atomic E-state index is 0.0695. The average molecular weight is 450 g/mol. The predicted octanol–water partition coefficient (Wildman–Crippen LogP) is 5.81. The van der Waals surface area contributed by atoms with Crippen molar-refractivity contribution in [3.8, 4) is 5.75 Å². The zero-order valence-corrected chi connectivity index (χ0v) is 18.9. The number of rotatable bonds is 9. The summed E-state index contributed by atoms with van der Waals surface area (Å²) in [7, 11) is 1.66. The Balaban J connectivity index is 1.42. The molecule has 0 N–H and O–H groups in total. The Kier molecular flexibility index (Phi) is 7.17. The summed E-state index contributed by atoms with van der Waals surface area (Å²) < 4.78 is 6.27. The van der Waals surface area contributed by atoms with Gasteiger partial charge in [0.1, 0.15) is 5.75 Å². The molecular weight excluding hydrogens is 426 g/mol. The van der Waals surface area contributed by atoms with Crippen molar-refractivity contribution in [1.29, 1.82) is 0 Å². The third-order valence-electron chi connectivity index (χ3n) is 4.72. The van der Waals surface area contributed by atoms with Crippen LogP contribution in [0.4, 0.5) is 5.13 Å². The lowest BCUT2D eigenvalue weighted by Gasteiger charge is -2.19. The first-order valence-electron chi connectivity index (χ1n) is 10.1. The lowest BCUT2D eigenvalue weighted by molar-refractivity contribution is -0.118. The summed E-state index contributed by atoms with van der Waals surface area (Å²) in [5.41, 5.74) is 1.76. The van der Waals surface area contributed by atoms with Crippen LogP contribution in [0.3, 0.4) is 0 Å². The summed E-state index contributed by atoms with van der Waals surface area (Å²) in [5, 5.41) is 0.722. The van der Waals surface area contributed by atoms with Crippen molar-refractivity contribution in [1.82, 2.24) is 9.97 Å². The highest BCUT2D eigenvalue weighted by atomic mass is 32.2. The van der Waals surface area contributed by atoms with Gasteiger partial charge in [-0.2, -0.15) is 0 Å². The molecule has 31 heavy (non-hydrogen) atoms. The second-order valence-electron chi connectivity index (χ2n) is 6.89. The van der Waals surface area contributed by atoms with Gasteiger partial charge >= 0.3 is 0 Å². The number of fused-ring (bicyclic) bond motifs is 1. The van der Waals surface area contributed by atoms with Crippen molar-refractivity contribution in [2.75, 3.05) is 17.8 Å². The average Bonchev–Trinajstić information content (AvgIpc) is 3.25. The number of carbonyl (C=O) groups excluding carboxylic acids is 1. The van der Waals surface area contributed by atoms with Crippen LogP contribution >= 0.6 is 23.1 Å². The van der Waals surface area contributed by atoms with E-state index in [0.29, 0.717) is 13.0 Å². The highest BCUT2D eigenvalue weighted by molar-refractivity contribution is 7.99. The first-order valence-corrected chi connectivity index (χ1v) is 11.9. The number of hydrogen-bond acceptors (Lipinski definition) is 6. The van der Waals surface area contributed by atoms with Gasteiger partial charge in [0.05, 0.1) is 29.6 Å². The van der Waals surface area contributed by atoms with Crippen LogP contribution in [0.25, 0.3) is 10.2 Å². The zero-order chi connectivity index (χ0) is 21.5. The number of ether oxygens (including phenoxy) is 1. The first kappa shape index (κ1) is 21.3. The Labute approximate surface area is 190 Å². The molecule has 2 aromatic carbocycles. The maximum Gasteiger partial charge on any atom is 0.229 e. The SMILES string of the molecule is COc1ccc(SCCCC(=O)N(Cc2ccccn2)c2nc3ccccc3s2)cc1. The molecule has 158 valence electrons. The van der Waals surface area contributed by atoms with Crippen LogP contribution in [0.15, 0.2) is 77.8 Å². The smallest absolute Gasteiger partial charge is 0.229 e. The van der Waals surface area contributed by atoms with Gasteiger partial charge in [-0.1, -0.05) is 29.5 Å². The minimum atomic E-state index is 0.0695. The number of methoxy groups -OCH3 is 1. The molecule has 0 unspecified atom stereocenters. The van der Waals surface area contributed by atoms with E-state index in [1.807, 2.05) is 66.7 Å². The van der Waals surface area contributed by atoms with Gasteiger partial charge in [-0.05, 0) is 60.7 Å². The van der Waals surface area contributed by atoms with Crippen molar-refractivity contribution in [2.45, 2.75) is 24.3 Å². The van der Waals surface area contributed by atoms with Crippen LogP contribution in [0.5, 0.6) is 5.75 Å². The van der Waals surface area contributed by atoms with Gasteiger partial charge in [-0.3, -0.25) is 14.7 Å². The minimum Gasteiger partial charge on any atom is -0.497 e. The van der Waals surface area contributed by atoms with E-state index in [2.05, 4.69) is 4.98 Å². The molecule has 4 aromatic rings. The largest absolute Gasteiger partial charge is 0.497 e. The topological polar surface area (TPSA) is 55.3 Å². The third-order valence-corrected chi connectivity index (χ3v) is 6.88. The van der Waals surface area contributed by atoms with Crippen LogP contribution < -0.4 is 9.64 Å². The number of nitrogens with zero attached hydrogens (tertiary/aromatic N) is 3. The van der Waals surface area contributed by atoms with Gasteiger partial charge in [0, 0.05) is 17.5 Å². The molecule has 0 bridgehead atoms. The highest BCUT2D eigenvalue weighted by Gasteiger charge is 2.20. The Morgan fingerprint density at radius 3 is 2.61 bits per heavy atom. The van der Waals surface area contributed by atoms with Crippen LogP contribution in [-0.4, -0.2) is 28.7 Å². The van der Waals surface area contributed by atoms with Gasteiger partial charge < -0.3 is 4.74 Å². The zero-order valence-electron chi connectivity index (χ0n) is 17.2. The van der Waals surface area contributed by atoms with E-state index in [1.54, 1.807) is 41.3 Å². The Bertz CT molecular complexity index is 1100. The summed E-state index contributed by atoms with van der Waals surface area (Å²) in [5.74, 6) is 1.79. The van der Waals surface area contributed by atoms with Gasteiger partial charge in [0.2, 0.25) is 5.91 Å². The molecule has 0 fully saturated rings. The van der Waals surface area contributed by atoms with Gasteiger partial charge in [0.15, 0.2) is 5.13 Å². The van der Waals surface area contributed by atoms with Crippen molar-refractivity contribution >= 4 is 44.4 Å². The van der Waals surface area contributed by atoms with E-state index in [0.717, 1.165) is 39.0 Å². The molecule has 0 atom stereocenters. The Hall–Kier alpha value is -2.90. The standard InChI is InChI=1S/C24H23N3O2S2/c1-29-19-11-13-20(14-12-19)30-16-6-10-23(28)27(17-18-7-4-5-15-25-18)24-26-21-8-2-3-9-22(21)31-24/h2-5,7-9,11-15H,6,10,16-17H2,1H3. The number of para-hydroxylation sites is 1. The predicted molar refractivity (Wildman–Crippen MR) is 128 cm³/mol. The first-order chi connectivity index (χ1) is 15.2. The van der Waals surface area contributed by atoms with Crippen molar-refractivity contribution in [3.63, 3.8) is 0 Å². The molecular formula is C24H23N3O2S2. The second kappa shape index (κ2) is 10.4. The molecule has 0 saturated heterocycles. The van der Waals surface area contributed by atoms with Crippen molar-refractivity contribution < 1.29 is 9.53 Å². The molecule has 0 aliphatic rings. The Morgan fingerprint density at radius 2 is 1.87 bits per heavy atom. The molecule has 4 rings (SSSR count). The summed E-state index contributed by atoms with van der Waals surface area (Å²) in [6.45, 7) is 0.422. The number of thiazole rings is 1. The fourth-order valence-corrected chi connectivity index (χ4v) is 4.95. The van der Waals surface area contributed by atoms with Gasteiger partial charge in [-0.15, -0.1) is 11.8 Å². The lowest BCUT2D eigenvalue weighted by atomic mass is 10.2. The number of thioether (sulfide) groups is 1. The fraction of sp³-hybridized carbons (Fsp3) is 0.208. The lowest BCUT2D eigenvalue weighted by Crippen LogP contribution is -2.30. The van der Waals surface area contributed by atoms with Crippen molar-refractivity contribution in [3.05, 3.63) is 78.6 Å². The number of anilines is 1. The van der Waals surface area contributed by atoms with Gasteiger partial charge in [0.25, 0.3) is 0 Å². The molecule has 2 aromatic heterocycles.